The van der Waals surface area contributed by atoms with E-state index in [0.717, 1.165) is 27.4 Å². The predicted octanol–water partition coefficient (Wildman–Crippen LogP) is 3.42. The first-order chi connectivity index (χ1) is 15.4. The van der Waals surface area contributed by atoms with Crippen LogP contribution in [0.1, 0.15) is 37.7 Å². The van der Waals surface area contributed by atoms with Crippen LogP contribution in [0.25, 0.3) is 5.57 Å². The molecule has 162 valence electrons. The lowest BCUT2D eigenvalue weighted by molar-refractivity contribution is 0.0642. The summed E-state index contributed by atoms with van der Waals surface area (Å²) in [4.78, 5) is 30.8. The maximum absolute atomic E-state index is 13.1. The summed E-state index contributed by atoms with van der Waals surface area (Å²) in [5, 5.41) is 0. The Kier molecular flexibility index (Phi) is 5.24. The van der Waals surface area contributed by atoms with Gasteiger partial charge in [0, 0.05) is 24.2 Å². The number of fused-ring (bicyclic) bond motifs is 1. The van der Waals surface area contributed by atoms with E-state index in [0.29, 0.717) is 24.4 Å². The summed E-state index contributed by atoms with van der Waals surface area (Å²) in [6.45, 7) is 0.733. The summed E-state index contributed by atoms with van der Waals surface area (Å²) in [5.74, 6) is -0.872. The van der Waals surface area contributed by atoms with Crippen LogP contribution in [0.4, 0.5) is 0 Å². The molecule has 2 aliphatic rings. The maximum Gasteiger partial charge on any atom is 0.280 e. The normalized spacial score (nSPS) is 16.9. The molecular formula is C23H19N3O4S2. The number of carbonyl (C=O) groups is 2. The molecule has 0 atom stereocenters. The number of benzene rings is 1. The molecule has 7 nitrogen and oxygen atoms in total. The van der Waals surface area contributed by atoms with Crippen LogP contribution in [-0.2, 0) is 16.6 Å². The Morgan fingerprint density at radius 2 is 1.78 bits per heavy atom. The molecule has 2 aromatic heterocycles. The van der Waals surface area contributed by atoms with Gasteiger partial charge in [0.15, 0.2) is 0 Å². The molecule has 32 heavy (non-hydrogen) atoms. The van der Waals surface area contributed by atoms with E-state index in [4.69, 9.17) is 0 Å². The number of hydrogen-bond acceptors (Lipinski definition) is 6. The van der Waals surface area contributed by atoms with E-state index < -0.39 is 21.8 Å². The zero-order chi connectivity index (χ0) is 22.3. The van der Waals surface area contributed by atoms with Gasteiger partial charge in [-0.3, -0.25) is 19.5 Å². The van der Waals surface area contributed by atoms with E-state index in [2.05, 4.69) is 4.98 Å². The van der Waals surface area contributed by atoms with Crippen molar-refractivity contribution in [2.24, 2.45) is 0 Å². The van der Waals surface area contributed by atoms with Gasteiger partial charge in [-0.1, -0.05) is 36.4 Å². The number of amides is 2. The van der Waals surface area contributed by atoms with Crippen LogP contribution < -0.4 is 0 Å². The first kappa shape index (κ1) is 20.7. The summed E-state index contributed by atoms with van der Waals surface area (Å²) < 4.78 is 27.9. The number of sulfonamides is 1. The minimum Gasteiger partial charge on any atom is -0.268 e. The number of carbonyl (C=O) groups excluding carboxylic acids is 2. The molecule has 0 fully saturated rings. The zero-order valence-electron chi connectivity index (χ0n) is 17.0. The molecule has 0 bridgehead atoms. The molecule has 0 N–H and O–H groups in total. The Morgan fingerprint density at radius 3 is 2.50 bits per heavy atom. The Labute approximate surface area is 189 Å². The third-order valence-electron chi connectivity index (χ3n) is 5.59. The fraction of sp³-hybridized carbons (Fsp3) is 0.174. The highest BCUT2D eigenvalue weighted by Crippen LogP contribution is 2.31. The molecule has 3 aromatic rings. The molecule has 4 heterocycles. The van der Waals surface area contributed by atoms with Crippen molar-refractivity contribution in [1.29, 1.82) is 0 Å². The van der Waals surface area contributed by atoms with Gasteiger partial charge in [-0.25, -0.2) is 8.42 Å². The molecule has 5 rings (SSSR count). The lowest BCUT2D eigenvalue weighted by Crippen LogP contribution is -2.34. The van der Waals surface area contributed by atoms with Gasteiger partial charge >= 0.3 is 0 Å². The second kappa shape index (κ2) is 8.09. The highest BCUT2D eigenvalue weighted by molar-refractivity contribution is 7.91. The average molecular weight is 466 g/mol. The van der Waals surface area contributed by atoms with Crippen LogP contribution in [0.5, 0.6) is 0 Å². The van der Waals surface area contributed by atoms with Gasteiger partial charge in [0.2, 0.25) is 0 Å². The van der Waals surface area contributed by atoms with Crippen molar-refractivity contribution in [3.05, 3.63) is 88.6 Å². The predicted molar refractivity (Wildman–Crippen MR) is 121 cm³/mol. The first-order valence-corrected chi connectivity index (χ1v) is 12.4. The molecule has 0 unspecified atom stereocenters. The van der Waals surface area contributed by atoms with Crippen LogP contribution in [0.3, 0.4) is 0 Å². The van der Waals surface area contributed by atoms with Crippen LogP contribution in [0.2, 0.25) is 0 Å². The van der Waals surface area contributed by atoms with Gasteiger partial charge in [0.1, 0.15) is 9.90 Å². The van der Waals surface area contributed by atoms with Crippen LogP contribution in [0, 0.1) is 0 Å². The Balaban J connectivity index is 1.31. The number of nitrogens with zero attached hydrogens (tertiary/aromatic N) is 3. The lowest BCUT2D eigenvalue weighted by Gasteiger charge is -2.25. The molecule has 0 aliphatic carbocycles. The second-order valence-corrected chi connectivity index (χ2v) is 10.9. The minimum atomic E-state index is -3.65. The summed E-state index contributed by atoms with van der Waals surface area (Å²) in [5.41, 5.74) is 2.66. The molecule has 0 spiro atoms. The van der Waals surface area contributed by atoms with Gasteiger partial charge in [0.25, 0.3) is 21.8 Å². The van der Waals surface area contributed by atoms with Crippen molar-refractivity contribution in [2.75, 3.05) is 13.1 Å². The topological polar surface area (TPSA) is 87.6 Å². The number of thiophene rings is 1. The van der Waals surface area contributed by atoms with Crippen LogP contribution in [-0.4, -0.2) is 47.5 Å². The average Bonchev–Trinajstić information content (AvgIpc) is 3.40. The monoisotopic (exact) mass is 465 g/mol. The van der Waals surface area contributed by atoms with Crippen LogP contribution in [0.15, 0.2) is 71.1 Å². The summed E-state index contributed by atoms with van der Waals surface area (Å²) in [6, 6.07) is 16.3. The number of aromatic nitrogens is 1. The van der Waals surface area contributed by atoms with Gasteiger partial charge in [-0.2, -0.15) is 4.31 Å². The highest BCUT2D eigenvalue weighted by atomic mass is 32.2. The highest BCUT2D eigenvalue weighted by Gasteiger charge is 2.37. The van der Waals surface area contributed by atoms with E-state index in [1.54, 1.807) is 24.3 Å². The summed E-state index contributed by atoms with van der Waals surface area (Å²) in [6.07, 6.45) is 4.07. The molecule has 2 amide bonds. The SMILES string of the molecule is O=C1c2cccnc2C(=O)N1Cc1ccc(S(=O)(=O)N2CC=C(c3ccccc3)CC2)s1. The second-order valence-electron chi connectivity index (χ2n) is 7.53. The van der Waals surface area contributed by atoms with Gasteiger partial charge < -0.3 is 0 Å². The van der Waals surface area contributed by atoms with Gasteiger partial charge in [-0.15, -0.1) is 11.3 Å². The molecule has 0 saturated carbocycles. The van der Waals surface area contributed by atoms with E-state index in [-0.39, 0.29) is 22.0 Å². The van der Waals surface area contributed by atoms with E-state index >= 15 is 0 Å². The number of rotatable bonds is 5. The number of hydrogen-bond donors (Lipinski definition) is 0. The smallest absolute Gasteiger partial charge is 0.268 e. The number of pyridine rings is 1. The molecular weight excluding hydrogens is 446 g/mol. The largest absolute Gasteiger partial charge is 0.280 e. The zero-order valence-corrected chi connectivity index (χ0v) is 18.6. The van der Waals surface area contributed by atoms with Gasteiger partial charge in [0.05, 0.1) is 12.1 Å². The first-order valence-electron chi connectivity index (χ1n) is 10.1. The van der Waals surface area contributed by atoms with Crippen molar-refractivity contribution in [3.8, 4) is 0 Å². The van der Waals surface area contributed by atoms with Crippen molar-refractivity contribution < 1.29 is 18.0 Å². The fourth-order valence-corrected chi connectivity index (χ4v) is 6.79. The Morgan fingerprint density at radius 1 is 0.969 bits per heavy atom. The van der Waals surface area contributed by atoms with Crippen molar-refractivity contribution in [1.82, 2.24) is 14.2 Å². The van der Waals surface area contributed by atoms with E-state index in [1.165, 1.54) is 10.5 Å². The summed E-state index contributed by atoms with van der Waals surface area (Å²) in [7, 11) is -3.65. The Bertz CT molecular complexity index is 1310. The maximum atomic E-state index is 13.1. The standard InChI is InChI=1S/C23H19N3O4S2/c27-22-19-7-4-12-24-21(19)23(28)26(22)15-18-8-9-20(31-18)32(29,30)25-13-10-17(11-14-25)16-5-2-1-3-6-16/h1-10,12H,11,13-15H2. The third-order valence-corrected chi connectivity index (χ3v) is 9.00. The molecule has 2 aliphatic heterocycles. The summed E-state index contributed by atoms with van der Waals surface area (Å²) >= 11 is 1.08. The minimum absolute atomic E-state index is 0.0201. The Hall–Kier alpha value is -3.14. The quantitative estimate of drug-likeness (QED) is 0.539. The van der Waals surface area contributed by atoms with Crippen LogP contribution >= 0.6 is 11.3 Å². The van der Waals surface area contributed by atoms with Gasteiger partial charge in [-0.05, 0) is 41.8 Å². The number of imide groups is 1. The van der Waals surface area contributed by atoms with E-state index in [9.17, 15) is 18.0 Å². The van der Waals surface area contributed by atoms with Crippen molar-refractivity contribution >= 4 is 38.7 Å². The fourth-order valence-electron chi connectivity index (χ4n) is 3.91. The molecule has 9 heteroatoms. The molecule has 1 aromatic carbocycles. The molecule has 0 saturated heterocycles. The third kappa shape index (κ3) is 3.58. The molecule has 0 radical (unpaired) electrons. The lowest BCUT2D eigenvalue weighted by atomic mass is 10.0. The van der Waals surface area contributed by atoms with Crippen molar-refractivity contribution in [2.45, 2.75) is 17.2 Å². The van der Waals surface area contributed by atoms with E-state index in [1.807, 2.05) is 36.4 Å². The van der Waals surface area contributed by atoms with Crippen molar-refractivity contribution in [3.63, 3.8) is 0 Å².